The van der Waals surface area contributed by atoms with E-state index < -0.39 is 16.0 Å². The molecule has 0 aliphatic rings. The molecule has 0 amide bonds. The van der Waals surface area contributed by atoms with Gasteiger partial charge in [0.1, 0.15) is 9.90 Å². The molecule has 1 aromatic heterocycles. The maximum atomic E-state index is 12.7. The molecular formula is C21H14ClN2O4S2-. The highest BCUT2D eigenvalue weighted by atomic mass is 35.5. The second kappa shape index (κ2) is 7.71. The van der Waals surface area contributed by atoms with Crippen molar-refractivity contribution >= 4 is 54.8 Å². The summed E-state index contributed by atoms with van der Waals surface area (Å²) < 4.78 is 28.9. The van der Waals surface area contributed by atoms with E-state index in [1.165, 1.54) is 12.1 Å². The Labute approximate surface area is 181 Å². The number of aryl methyl sites for hydroxylation is 1. The van der Waals surface area contributed by atoms with Crippen molar-refractivity contribution < 1.29 is 18.3 Å². The van der Waals surface area contributed by atoms with Crippen LogP contribution in [0.25, 0.3) is 20.8 Å². The molecule has 0 saturated heterocycles. The molecule has 3 aromatic carbocycles. The van der Waals surface area contributed by atoms with E-state index in [4.69, 9.17) is 11.6 Å². The van der Waals surface area contributed by atoms with Crippen molar-refractivity contribution in [2.45, 2.75) is 11.8 Å². The van der Waals surface area contributed by atoms with E-state index in [-0.39, 0.29) is 15.5 Å². The van der Waals surface area contributed by atoms with Crippen molar-refractivity contribution in [3.8, 4) is 10.6 Å². The minimum absolute atomic E-state index is 0.0890. The number of aromatic carboxylic acids is 1. The molecule has 0 aliphatic heterocycles. The summed E-state index contributed by atoms with van der Waals surface area (Å²) in [4.78, 5) is 15.3. The van der Waals surface area contributed by atoms with E-state index in [1.807, 2.05) is 19.1 Å². The Morgan fingerprint density at radius 3 is 2.50 bits per heavy atom. The summed E-state index contributed by atoms with van der Waals surface area (Å²) in [5.74, 6) is -1.49. The number of halogens is 1. The van der Waals surface area contributed by atoms with E-state index in [9.17, 15) is 18.3 Å². The van der Waals surface area contributed by atoms with Crippen molar-refractivity contribution in [2.24, 2.45) is 0 Å². The molecule has 0 bridgehead atoms. The van der Waals surface area contributed by atoms with Crippen LogP contribution in [-0.4, -0.2) is 19.4 Å². The first-order valence-electron chi connectivity index (χ1n) is 8.74. The van der Waals surface area contributed by atoms with Gasteiger partial charge in [0, 0.05) is 11.3 Å². The minimum Gasteiger partial charge on any atom is -0.545 e. The van der Waals surface area contributed by atoms with Gasteiger partial charge in [-0.2, -0.15) is 0 Å². The monoisotopic (exact) mass is 457 g/mol. The summed E-state index contributed by atoms with van der Waals surface area (Å²) in [6.07, 6.45) is 0. The zero-order valence-electron chi connectivity index (χ0n) is 15.5. The van der Waals surface area contributed by atoms with Crippen LogP contribution in [0.4, 0.5) is 5.69 Å². The Balaban J connectivity index is 1.61. The zero-order chi connectivity index (χ0) is 21.5. The fourth-order valence-corrected chi connectivity index (χ4v) is 5.54. The lowest BCUT2D eigenvalue weighted by Crippen LogP contribution is -2.23. The second-order valence-electron chi connectivity index (χ2n) is 6.61. The third-order valence-electron chi connectivity index (χ3n) is 4.38. The average Bonchev–Trinajstić information content (AvgIpc) is 3.11. The summed E-state index contributed by atoms with van der Waals surface area (Å²) in [6, 6.07) is 16.2. The third kappa shape index (κ3) is 4.02. The van der Waals surface area contributed by atoms with Gasteiger partial charge in [0.15, 0.2) is 0 Å². The number of benzene rings is 3. The highest BCUT2D eigenvalue weighted by molar-refractivity contribution is 7.92. The Morgan fingerprint density at radius 2 is 1.80 bits per heavy atom. The second-order valence-corrected chi connectivity index (χ2v) is 9.69. The summed E-state index contributed by atoms with van der Waals surface area (Å²) in [5, 5.41) is 11.8. The molecule has 0 aliphatic carbocycles. The van der Waals surface area contributed by atoms with Crippen molar-refractivity contribution in [1.29, 1.82) is 0 Å². The van der Waals surface area contributed by atoms with Gasteiger partial charge < -0.3 is 9.90 Å². The lowest BCUT2D eigenvalue weighted by Gasteiger charge is -2.12. The Morgan fingerprint density at radius 1 is 1.07 bits per heavy atom. The predicted octanol–water partition coefficient (Wildman–Crippen LogP) is 4.09. The number of aromatic nitrogens is 1. The number of sulfonamides is 1. The fraction of sp³-hybridized carbons (Fsp3) is 0.0476. The van der Waals surface area contributed by atoms with E-state index in [0.717, 1.165) is 32.4 Å². The first kappa shape index (κ1) is 20.3. The topological polar surface area (TPSA) is 99.2 Å². The minimum atomic E-state index is -4.09. The molecule has 4 aromatic rings. The Hall–Kier alpha value is -2.94. The van der Waals surface area contributed by atoms with Crippen LogP contribution in [0, 0.1) is 6.92 Å². The zero-order valence-corrected chi connectivity index (χ0v) is 17.9. The van der Waals surface area contributed by atoms with E-state index in [0.29, 0.717) is 5.69 Å². The quantitative estimate of drug-likeness (QED) is 0.486. The van der Waals surface area contributed by atoms with Gasteiger partial charge in [-0.1, -0.05) is 23.7 Å². The highest BCUT2D eigenvalue weighted by Gasteiger charge is 2.19. The van der Waals surface area contributed by atoms with Gasteiger partial charge in [0.25, 0.3) is 10.0 Å². The molecule has 152 valence electrons. The molecule has 1 N–H and O–H groups in total. The average molecular weight is 458 g/mol. The van der Waals surface area contributed by atoms with E-state index in [1.54, 1.807) is 35.6 Å². The predicted molar refractivity (Wildman–Crippen MR) is 116 cm³/mol. The molecule has 9 heteroatoms. The largest absolute Gasteiger partial charge is 0.545 e. The lowest BCUT2D eigenvalue weighted by molar-refractivity contribution is -0.255. The molecule has 4 rings (SSSR count). The number of hydrogen-bond acceptors (Lipinski definition) is 6. The number of carbonyl (C=O) groups excluding carboxylic acids is 1. The van der Waals surface area contributed by atoms with Crippen molar-refractivity contribution in [2.75, 3.05) is 4.72 Å². The number of carboxylic acid groups (broad SMARTS) is 1. The van der Waals surface area contributed by atoms with Crippen LogP contribution >= 0.6 is 22.9 Å². The van der Waals surface area contributed by atoms with Crippen LogP contribution in [0.2, 0.25) is 5.02 Å². The first-order chi connectivity index (χ1) is 14.2. The molecule has 0 unspecified atom stereocenters. The summed E-state index contributed by atoms with van der Waals surface area (Å²) in [6.45, 7) is 2.02. The van der Waals surface area contributed by atoms with Crippen LogP contribution in [0.1, 0.15) is 15.9 Å². The Kier molecular flexibility index (Phi) is 5.23. The van der Waals surface area contributed by atoms with Crippen LogP contribution in [0.3, 0.4) is 0 Å². The number of carbonyl (C=O) groups is 1. The molecule has 0 saturated carbocycles. The number of thiazole rings is 1. The van der Waals surface area contributed by atoms with Crippen LogP contribution < -0.4 is 9.83 Å². The Bertz CT molecular complexity index is 1380. The fourth-order valence-electron chi connectivity index (χ4n) is 2.88. The van der Waals surface area contributed by atoms with Gasteiger partial charge in [-0.25, -0.2) is 13.4 Å². The van der Waals surface area contributed by atoms with E-state index in [2.05, 4.69) is 15.8 Å². The smallest absolute Gasteiger partial charge is 0.263 e. The maximum absolute atomic E-state index is 12.7. The van der Waals surface area contributed by atoms with Crippen LogP contribution in [0.5, 0.6) is 0 Å². The van der Waals surface area contributed by atoms with Gasteiger partial charge >= 0.3 is 0 Å². The van der Waals surface area contributed by atoms with Crippen molar-refractivity contribution in [3.63, 3.8) is 0 Å². The number of nitrogens with zero attached hydrogens (tertiary/aromatic N) is 1. The maximum Gasteiger partial charge on any atom is 0.263 e. The SMILES string of the molecule is Cc1ccc2nc(-c3ccc(NS(=O)(=O)c4cc(C(=O)[O-])ccc4Cl)cc3)sc2c1. The van der Waals surface area contributed by atoms with E-state index >= 15 is 0 Å². The molecule has 30 heavy (non-hydrogen) atoms. The summed E-state index contributed by atoms with van der Waals surface area (Å²) >= 11 is 7.53. The lowest BCUT2D eigenvalue weighted by atomic mass is 10.2. The van der Waals surface area contributed by atoms with Crippen LogP contribution in [0.15, 0.2) is 65.6 Å². The molecule has 0 radical (unpaired) electrons. The van der Waals surface area contributed by atoms with Gasteiger partial charge in [0.05, 0.1) is 21.2 Å². The molecule has 0 atom stereocenters. The number of fused-ring (bicyclic) bond motifs is 1. The van der Waals surface area contributed by atoms with Crippen molar-refractivity contribution in [1.82, 2.24) is 4.98 Å². The summed E-state index contributed by atoms with van der Waals surface area (Å²) in [7, 11) is -4.09. The number of nitrogens with one attached hydrogen (secondary N) is 1. The molecular weight excluding hydrogens is 444 g/mol. The van der Waals surface area contributed by atoms with Gasteiger partial charge in [0.2, 0.25) is 0 Å². The molecule has 1 heterocycles. The summed E-state index contributed by atoms with van der Waals surface area (Å²) in [5.41, 5.74) is 2.96. The molecule has 6 nitrogen and oxygen atoms in total. The number of carboxylic acids is 1. The number of rotatable bonds is 5. The van der Waals surface area contributed by atoms with Gasteiger partial charge in [-0.15, -0.1) is 11.3 Å². The number of anilines is 1. The van der Waals surface area contributed by atoms with Crippen molar-refractivity contribution in [3.05, 3.63) is 76.8 Å². The number of hydrogen-bond donors (Lipinski definition) is 1. The van der Waals surface area contributed by atoms with Gasteiger partial charge in [-0.3, -0.25) is 4.72 Å². The highest BCUT2D eigenvalue weighted by Crippen LogP contribution is 2.32. The van der Waals surface area contributed by atoms with Crippen LogP contribution in [-0.2, 0) is 10.0 Å². The normalized spacial score (nSPS) is 11.5. The standard InChI is InChI=1S/C21H15ClN2O4S2/c1-12-2-9-17-18(10-12)29-20(23-17)13-3-6-15(7-4-13)24-30(27,28)19-11-14(21(25)26)5-8-16(19)22/h2-11,24H,1H3,(H,25,26)/p-1. The molecule has 0 fully saturated rings. The third-order valence-corrected chi connectivity index (χ3v) is 7.31. The molecule has 0 spiro atoms. The van der Waals surface area contributed by atoms with Gasteiger partial charge in [-0.05, 0) is 66.6 Å². The first-order valence-corrected chi connectivity index (χ1v) is 11.4.